The standard InChI is InChI=1S/C14H15ClN4O4S/c1-16-11(20)6-17-12(21)8-24-14-19-18-13(23-14)7-22-10-4-2-9(15)3-5-10/h2-5H,6-8H2,1H3,(H,16,20)(H,17,21). The first-order valence-corrected chi connectivity index (χ1v) is 8.24. The molecule has 0 radical (unpaired) electrons. The van der Waals surface area contributed by atoms with Crippen molar-refractivity contribution in [1.82, 2.24) is 20.8 Å². The lowest BCUT2D eigenvalue weighted by molar-refractivity contribution is -0.124. The number of amides is 2. The van der Waals surface area contributed by atoms with Crippen LogP contribution in [-0.2, 0) is 16.2 Å². The highest BCUT2D eigenvalue weighted by molar-refractivity contribution is 7.99. The number of nitrogens with zero attached hydrogens (tertiary/aromatic N) is 2. The molecule has 2 N–H and O–H groups in total. The second-order valence-corrected chi connectivity index (χ2v) is 5.81. The molecule has 1 aromatic carbocycles. The number of nitrogens with one attached hydrogen (secondary N) is 2. The highest BCUT2D eigenvalue weighted by Crippen LogP contribution is 2.19. The number of ether oxygens (including phenoxy) is 1. The Morgan fingerprint density at radius 3 is 2.71 bits per heavy atom. The zero-order valence-corrected chi connectivity index (χ0v) is 14.3. The Balaban J connectivity index is 1.73. The van der Waals surface area contributed by atoms with E-state index in [1.165, 1.54) is 7.05 Å². The van der Waals surface area contributed by atoms with E-state index in [-0.39, 0.29) is 35.9 Å². The van der Waals surface area contributed by atoms with Crippen molar-refractivity contribution in [2.45, 2.75) is 11.8 Å². The smallest absolute Gasteiger partial charge is 0.277 e. The van der Waals surface area contributed by atoms with Crippen molar-refractivity contribution in [2.75, 3.05) is 19.3 Å². The molecule has 0 unspecified atom stereocenters. The summed E-state index contributed by atoms with van der Waals surface area (Å²) < 4.78 is 10.8. The van der Waals surface area contributed by atoms with Gasteiger partial charge in [-0.05, 0) is 24.3 Å². The van der Waals surface area contributed by atoms with Gasteiger partial charge in [-0.25, -0.2) is 0 Å². The Labute approximate surface area is 147 Å². The number of carbonyl (C=O) groups excluding carboxylic acids is 2. The summed E-state index contributed by atoms with van der Waals surface area (Å²) in [7, 11) is 1.50. The number of aromatic nitrogens is 2. The van der Waals surface area contributed by atoms with Crippen LogP contribution in [0.1, 0.15) is 5.89 Å². The van der Waals surface area contributed by atoms with Gasteiger partial charge in [-0.2, -0.15) is 0 Å². The van der Waals surface area contributed by atoms with Gasteiger partial charge in [0.25, 0.3) is 11.1 Å². The molecule has 128 valence electrons. The summed E-state index contributed by atoms with van der Waals surface area (Å²) >= 11 is 6.86. The van der Waals surface area contributed by atoms with Crippen molar-refractivity contribution in [1.29, 1.82) is 0 Å². The summed E-state index contributed by atoms with van der Waals surface area (Å²) in [5.41, 5.74) is 0. The van der Waals surface area contributed by atoms with Crippen molar-refractivity contribution in [3.05, 3.63) is 35.2 Å². The molecule has 0 fully saturated rings. The summed E-state index contributed by atoms with van der Waals surface area (Å²) in [5, 5.41) is 13.4. The quantitative estimate of drug-likeness (QED) is 0.673. The van der Waals surface area contributed by atoms with E-state index in [4.69, 9.17) is 20.8 Å². The SMILES string of the molecule is CNC(=O)CNC(=O)CSc1nnc(COc2ccc(Cl)cc2)o1. The summed E-state index contributed by atoms with van der Waals surface area (Å²) in [5.74, 6) is 0.406. The minimum atomic E-state index is -0.305. The normalized spacial score (nSPS) is 10.2. The van der Waals surface area contributed by atoms with E-state index >= 15 is 0 Å². The fourth-order valence-electron chi connectivity index (χ4n) is 1.48. The van der Waals surface area contributed by atoms with E-state index in [9.17, 15) is 9.59 Å². The van der Waals surface area contributed by atoms with E-state index in [0.717, 1.165) is 11.8 Å². The monoisotopic (exact) mass is 370 g/mol. The molecule has 0 atom stereocenters. The maximum absolute atomic E-state index is 11.5. The van der Waals surface area contributed by atoms with Crippen LogP contribution in [0.4, 0.5) is 0 Å². The Hall–Kier alpha value is -2.26. The van der Waals surface area contributed by atoms with Gasteiger partial charge in [0.2, 0.25) is 11.8 Å². The van der Waals surface area contributed by atoms with Crippen LogP contribution in [0.25, 0.3) is 0 Å². The van der Waals surface area contributed by atoms with Crippen molar-refractivity contribution in [2.24, 2.45) is 0 Å². The molecule has 8 nitrogen and oxygen atoms in total. The zero-order chi connectivity index (χ0) is 17.4. The fourth-order valence-corrected chi connectivity index (χ4v) is 2.21. The number of halogens is 1. The van der Waals surface area contributed by atoms with E-state index in [1.54, 1.807) is 24.3 Å². The van der Waals surface area contributed by atoms with Gasteiger partial charge in [0, 0.05) is 12.1 Å². The van der Waals surface area contributed by atoms with Gasteiger partial charge in [-0.15, -0.1) is 10.2 Å². The van der Waals surface area contributed by atoms with Crippen LogP contribution in [0, 0.1) is 0 Å². The molecule has 0 saturated carbocycles. The van der Waals surface area contributed by atoms with Gasteiger partial charge in [0.1, 0.15) is 5.75 Å². The number of likely N-dealkylation sites (N-methyl/N-ethyl adjacent to an activating group) is 1. The molecule has 0 aliphatic heterocycles. The molecule has 1 heterocycles. The van der Waals surface area contributed by atoms with Crippen molar-refractivity contribution in [3.8, 4) is 5.75 Å². The zero-order valence-electron chi connectivity index (χ0n) is 12.7. The number of thioether (sulfide) groups is 1. The van der Waals surface area contributed by atoms with Crippen LogP contribution in [0.15, 0.2) is 33.9 Å². The van der Waals surface area contributed by atoms with Crippen molar-refractivity contribution in [3.63, 3.8) is 0 Å². The van der Waals surface area contributed by atoms with Gasteiger partial charge >= 0.3 is 0 Å². The third kappa shape index (κ3) is 6.09. The molecule has 2 rings (SSSR count). The van der Waals surface area contributed by atoms with Gasteiger partial charge in [-0.3, -0.25) is 9.59 Å². The van der Waals surface area contributed by atoms with E-state index in [2.05, 4.69) is 20.8 Å². The van der Waals surface area contributed by atoms with Gasteiger partial charge in [0.05, 0.1) is 12.3 Å². The van der Waals surface area contributed by atoms with Crippen molar-refractivity contribution >= 4 is 35.2 Å². The topological polar surface area (TPSA) is 106 Å². The largest absolute Gasteiger partial charge is 0.484 e. The molecule has 0 bridgehead atoms. The highest BCUT2D eigenvalue weighted by atomic mass is 35.5. The second-order valence-electron chi connectivity index (χ2n) is 4.44. The minimum absolute atomic E-state index is 0.0661. The first kappa shape index (κ1) is 18.1. The Morgan fingerprint density at radius 2 is 2.00 bits per heavy atom. The molecule has 1 aromatic heterocycles. The fraction of sp³-hybridized carbons (Fsp3) is 0.286. The lowest BCUT2D eigenvalue weighted by atomic mass is 10.3. The Morgan fingerprint density at radius 1 is 1.25 bits per heavy atom. The van der Waals surface area contributed by atoms with Crippen LogP contribution in [0.2, 0.25) is 5.02 Å². The summed E-state index contributed by atoms with van der Waals surface area (Å²) in [6.45, 7) is 0.0397. The summed E-state index contributed by atoms with van der Waals surface area (Å²) in [4.78, 5) is 22.6. The number of hydrogen-bond donors (Lipinski definition) is 2. The average molecular weight is 371 g/mol. The first-order chi connectivity index (χ1) is 11.6. The lowest BCUT2D eigenvalue weighted by Crippen LogP contribution is -2.35. The van der Waals surface area contributed by atoms with E-state index in [1.807, 2.05) is 0 Å². The third-order valence-electron chi connectivity index (χ3n) is 2.68. The van der Waals surface area contributed by atoms with Crippen molar-refractivity contribution < 1.29 is 18.7 Å². The molecule has 2 aromatic rings. The van der Waals surface area contributed by atoms with Gasteiger partial charge in [-0.1, -0.05) is 23.4 Å². The number of benzene rings is 1. The average Bonchev–Trinajstić information content (AvgIpc) is 3.05. The molecular formula is C14H15ClN4O4S. The molecule has 24 heavy (non-hydrogen) atoms. The Bertz CT molecular complexity index is 692. The predicted octanol–water partition coefficient (Wildman–Crippen LogP) is 1.26. The maximum atomic E-state index is 11.5. The predicted molar refractivity (Wildman–Crippen MR) is 87.9 cm³/mol. The summed E-state index contributed by atoms with van der Waals surface area (Å²) in [6, 6.07) is 6.88. The van der Waals surface area contributed by atoms with E-state index in [0.29, 0.717) is 16.7 Å². The van der Waals surface area contributed by atoms with Crippen LogP contribution >= 0.6 is 23.4 Å². The number of rotatable bonds is 8. The van der Waals surface area contributed by atoms with Gasteiger partial charge < -0.3 is 19.8 Å². The second kappa shape index (κ2) is 9.14. The Kier molecular flexibility index (Phi) is 6.89. The summed E-state index contributed by atoms with van der Waals surface area (Å²) in [6.07, 6.45) is 0. The molecule has 0 aliphatic carbocycles. The van der Waals surface area contributed by atoms with Crippen LogP contribution in [-0.4, -0.2) is 41.4 Å². The van der Waals surface area contributed by atoms with E-state index < -0.39 is 0 Å². The van der Waals surface area contributed by atoms with Gasteiger partial charge in [0.15, 0.2) is 6.61 Å². The molecular weight excluding hydrogens is 356 g/mol. The highest BCUT2D eigenvalue weighted by Gasteiger charge is 2.11. The molecule has 0 spiro atoms. The third-order valence-corrected chi connectivity index (χ3v) is 3.75. The molecule has 2 amide bonds. The first-order valence-electron chi connectivity index (χ1n) is 6.87. The molecule has 0 saturated heterocycles. The van der Waals surface area contributed by atoms with Crippen LogP contribution in [0.3, 0.4) is 0 Å². The number of hydrogen-bond acceptors (Lipinski definition) is 7. The van der Waals surface area contributed by atoms with Crippen LogP contribution < -0.4 is 15.4 Å². The van der Waals surface area contributed by atoms with Crippen LogP contribution in [0.5, 0.6) is 5.75 Å². The lowest BCUT2D eigenvalue weighted by Gasteiger charge is -2.03. The number of carbonyl (C=O) groups is 2. The molecule has 0 aliphatic rings. The maximum Gasteiger partial charge on any atom is 0.277 e. The minimum Gasteiger partial charge on any atom is -0.484 e. The molecule has 10 heteroatoms.